The van der Waals surface area contributed by atoms with Crippen LogP contribution < -0.4 is 0 Å². The third-order valence-electron chi connectivity index (χ3n) is 3.00. The Morgan fingerprint density at radius 2 is 1.94 bits per heavy atom. The fourth-order valence-corrected chi connectivity index (χ4v) is 2.88. The zero-order chi connectivity index (χ0) is 11.7. The maximum atomic E-state index is 4.57. The predicted molar refractivity (Wildman–Crippen MR) is 74.5 cm³/mol. The average Bonchev–Trinajstić information content (AvgIpc) is 2.74. The second-order valence-corrected chi connectivity index (χ2v) is 5.16. The van der Waals surface area contributed by atoms with E-state index in [-0.39, 0.29) is 0 Å². The Kier molecular flexibility index (Phi) is 3.36. The van der Waals surface area contributed by atoms with E-state index in [1.165, 1.54) is 22.3 Å². The first-order chi connectivity index (χ1) is 7.63. The summed E-state index contributed by atoms with van der Waals surface area (Å²) in [4.78, 5) is 4.57. The number of hydrogen-bond donors (Lipinski definition) is 1. The van der Waals surface area contributed by atoms with Crippen molar-refractivity contribution < 1.29 is 0 Å². The van der Waals surface area contributed by atoms with E-state index in [2.05, 4.69) is 55.9 Å². The molecule has 0 aliphatic heterocycles. The van der Waals surface area contributed by atoms with E-state index in [9.17, 15) is 0 Å². The van der Waals surface area contributed by atoms with Crippen molar-refractivity contribution in [3.63, 3.8) is 0 Å². The molecule has 2 rings (SSSR count). The van der Waals surface area contributed by atoms with Crippen molar-refractivity contribution in [2.45, 2.75) is 26.5 Å². The first-order valence-corrected chi connectivity index (χ1v) is 6.77. The third kappa shape index (κ3) is 2.02. The van der Waals surface area contributed by atoms with Crippen molar-refractivity contribution in [2.24, 2.45) is 0 Å². The Balaban J connectivity index is 2.52. The van der Waals surface area contributed by atoms with Crippen LogP contribution in [-0.4, -0.2) is 4.98 Å². The van der Waals surface area contributed by atoms with Crippen molar-refractivity contribution in [3.05, 3.63) is 39.9 Å². The highest BCUT2D eigenvalue weighted by atomic mass is 32.1. The Hall–Kier alpha value is -0.800. The van der Waals surface area contributed by atoms with Crippen LogP contribution in [0.1, 0.15) is 22.4 Å². The summed E-state index contributed by atoms with van der Waals surface area (Å²) in [5.41, 5.74) is 6.34. The summed E-state index contributed by atoms with van der Waals surface area (Å²) < 4.78 is 0. The Morgan fingerprint density at radius 1 is 1.19 bits per heavy atom. The molecule has 2 aromatic rings. The average molecular weight is 249 g/mol. The van der Waals surface area contributed by atoms with Gasteiger partial charge in [0.05, 0.1) is 5.69 Å². The lowest BCUT2D eigenvalue weighted by atomic mass is 9.99. The van der Waals surface area contributed by atoms with Crippen LogP contribution in [0.4, 0.5) is 0 Å². The van der Waals surface area contributed by atoms with Crippen LogP contribution in [-0.2, 0) is 5.75 Å². The molecule has 0 fully saturated rings. The number of nitrogens with zero attached hydrogens (tertiary/aromatic N) is 1. The summed E-state index contributed by atoms with van der Waals surface area (Å²) >= 11 is 5.94. The van der Waals surface area contributed by atoms with Crippen molar-refractivity contribution >= 4 is 24.0 Å². The van der Waals surface area contributed by atoms with Gasteiger partial charge in [0, 0.05) is 16.7 Å². The van der Waals surface area contributed by atoms with Crippen LogP contribution in [0.15, 0.2) is 17.5 Å². The standard InChI is InChI=1S/C13H15NS2/c1-8-4-5-12(10(3)9(8)2)13-14-11(6-15)7-16-13/h4-5,7,15H,6H2,1-3H3. The number of rotatable bonds is 2. The van der Waals surface area contributed by atoms with Crippen molar-refractivity contribution in [1.29, 1.82) is 0 Å². The smallest absolute Gasteiger partial charge is 0.123 e. The maximum absolute atomic E-state index is 4.57. The highest BCUT2D eigenvalue weighted by Crippen LogP contribution is 2.30. The molecule has 1 aromatic carbocycles. The van der Waals surface area contributed by atoms with Crippen molar-refractivity contribution in [1.82, 2.24) is 4.98 Å². The van der Waals surface area contributed by atoms with Gasteiger partial charge in [0.25, 0.3) is 0 Å². The van der Waals surface area contributed by atoms with Gasteiger partial charge in [-0.25, -0.2) is 4.98 Å². The number of thiazole rings is 1. The molecule has 0 saturated carbocycles. The Bertz CT molecular complexity index is 515. The molecular formula is C13H15NS2. The molecule has 0 amide bonds. The lowest BCUT2D eigenvalue weighted by molar-refractivity contribution is 1.22. The molecule has 1 heterocycles. The van der Waals surface area contributed by atoms with Crippen LogP contribution in [0.2, 0.25) is 0 Å². The van der Waals surface area contributed by atoms with Crippen LogP contribution >= 0.6 is 24.0 Å². The molecule has 0 saturated heterocycles. The lowest BCUT2D eigenvalue weighted by Gasteiger charge is -2.08. The SMILES string of the molecule is Cc1ccc(-c2nc(CS)cs2)c(C)c1C. The molecule has 0 aliphatic carbocycles. The first-order valence-electron chi connectivity index (χ1n) is 5.26. The molecule has 0 atom stereocenters. The van der Waals surface area contributed by atoms with E-state index in [1.54, 1.807) is 11.3 Å². The van der Waals surface area contributed by atoms with Crippen molar-refractivity contribution in [3.8, 4) is 10.6 Å². The maximum Gasteiger partial charge on any atom is 0.123 e. The van der Waals surface area contributed by atoms with Gasteiger partial charge in [-0.05, 0) is 37.5 Å². The zero-order valence-corrected chi connectivity index (χ0v) is 11.5. The lowest BCUT2D eigenvalue weighted by Crippen LogP contribution is -1.90. The van der Waals surface area contributed by atoms with E-state index < -0.39 is 0 Å². The minimum atomic E-state index is 0.709. The number of benzene rings is 1. The van der Waals surface area contributed by atoms with Gasteiger partial charge in [0.1, 0.15) is 5.01 Å². The van der Waals surface area contributed by atoms with Gasteiger partial charge in [-0.3, -0.25) is 0 Å². The van der Waals surface area contributed by atoms with Crippen LogP contribution in [0.25, 0.3) is 10.6 Å². The van der Waals surface area contributed by atoms with E-state index in [1.807, 2.05) is 0 Å². The van der Waals surface area contributed by atoms with Gasteiger partial charge in [0.2, 0.25) is 0 Å². The minimum Gasteiger partial charge on any atom is -0.240 e. The van der Waals surface area contributed by atoms with Gasteiger partial charge in [-0.1, -0.05) is 12.1 Å². The Labute approximate surface area is 106 Å². The third-order valence-corrected chi connectivity index (χ3v) is 4.25. The normalized spacial score (nSPS) is 10.8. The number of aromatic nitrogens is 1. The van der Waals surface area contributed by atoms with Crippen LogP contribution in [0.5, 0.6) is 0 Å². The number of thiol groups is 1. The molecular weight excluding hydrogens is 234 g/mol. The number of aryl methyl sites for hydroxylation is 1. The number of hydrogen-bond acceptors (Lipinski definition) is 3. The highest BCUT2D eigenvalue weighted by Gasteiger charge is 2.09. The van der Waals surface area contributed by atoms with E-state index >= 15 is 0 Å². The summed E-state index contributed by atoms with van der Waals surface area (Å²) in [5.74, 6) is 0.709. The molecule has 0 N–H and O–H groups in total. The molecule has 1 nitrogen and oxygen atoms in total. The van der Waals surface area contributed by atoms with Crippen molar-refractivity contribution in [2.75, 3.05) is 0 Å². The molecule has 0 aliphatic rings. The topological polar surface area (TPSA) is 12.9 Å². The van der Waals surface area contributed by atoms with Crippen LogP contribution in [0, 0.1) is 20.8 Å². The molecule has 0 unspecified atom stereocenters. The van der Waals surface area contributed by atoms with E-state index in [0.29, 0.717) is 5.75 Å². The van der Waals surface area contributed by atoms with Gasteiger partial charge in [0.15, 0.2) is 0 Å². The van der Waals surface area contributed by atoms with E-state index in [4.69, 9.17) is 0 Å². The summed E-state index contributed by atoms with van der Waals surface area (Å²) in [7, 11) is 0. The first kappa shape index (κ1) is 11.7. The van der Waals surface area contributed by atoms with E-state index in [0.717, 1.165) is 10.7 Å². The van der Waals surface area contributed by atoms with Crippen LogP contribution in [0.3, 0.4) is 0 Å². The molecule has 0 radical (unpaired) electrons. The monoisotopic (exact) mass is 249 g/mol. The fraction of sp³-hybridized carbons (Fsp3) is 0.308. The summed E-state index contributed by atoms with van der Waals surface area (Å²) in [6.07, 6.45) is 0. The zero-order valence-electron chi connectivity index (χ0n) is 9.74. The van der Waals surface area contributed by atoms with Gasteiger partial charge >= 0.3 is 0 Å². The summed E-state index contributed by atoms with van der Waals surface area (Å²) in [6, 6.07) is 4.33. The molecule has 1 aromatic heterocycles. The fourth-order valence-electron chi connectivity index (χ4n) is 1.69. The minimum absolute atomic E-state index is 0.709. The van der Waals surface area contributed by atoms with Gasteiger partial charge < -0.3 is 0 Å². The van der Waals surface area contributed by atoms with Gasteiger partial charge in [-0.2, -0.15) is 12.6 Å². The molecule has 0 spiro atoms. The summed E-state index contributed by atoms with van der Waals surface area (Å²) in [5, 5.41) is 3.18. The molecule has 16 heavy (non-hydrogen) atoms. The highest BCUT2D eigenvalue weighted by molar-refractivity contribution is 7.79. The molecule has 0 bridgehead atoms. The molecule has 84 valence electrons. The predicted octanol–water partition coefficient (Wildman–Crippen LogP) is 4.17. The second kappa shape index (κ2) is 4.60. The van der Waals surface area contributed by atoms with Gasteiger partial charge in [-0.15, -0.1) is 11.3 Å². The molecule has 3 heteroatoms. The summed E-state index contributed by atoms with van der Waals surface area (Å²) in [6.45, 7) is 6.48. The largest absolute Gasteiger partial charge is 0.240 e. The second-order valence-electron chi connectivity index (χ2n) is 3.98. The quantitative estimate of drug-likeness (QED) is 0.788. The Morgan fingerprint density at radius 3 is 2.56 bits per heavy atom.